The van der Waals surface area contributed by atoms with Gasteiger partial charge in [0.25, 0.3) is 0 Å². The van der Waals surface area contributed by atoms with Gasteiger partial charge in [-0.25, -0.2) is 4.98 Å². The predicted octanol–water partition coefficient (Wildman–Crippen LogP) is 5.34. The van der Waals surface area contributed by atoms with Crippen LogP contribution in [-0.4, -0.2) is 35.2 Å². The Balaban J connectivity index is 1.63. The van der Waals surface area contributed by atoms with E-state index in [9.17, 15) is 4.79 Å². The number of amides is 1. The Bertz CT molecular complexity index is 1210. The highest BCUT2D eigenvalue weighted by atomic mass is 35.5. The third kappa shape index (κ3) is 5.35. The maximum Gasteiger partial charge on any atom is 0.247 e. The Morgan fingerprint density at radius 3 is 2.45 bits per heavy atom. The van der Waals surface area contributed by atoms with Crippen LogP contribution in [0, 0.1) is 0 Å². The van der Waals surface area contributed by atoms with Gasteiger partial charge in [0.15, 0.2) is 0 Å². The van der Waals surface area contributed by atoms with Crippen molar-refractivity contribution in [1.29, 1.82) is 0 Å². The van der Waals surface area contributed by atoms with Crippen LogP contribution in [0.4, 0.5) is 5.69 Å². The minimum Gasteiger partial charge on any atom is -0.486 e. The average Bonchev–Trinajstić information content (AvgIpc) is 3.17. The molecular weight excluding hydrogens is 438 g/mol. The van der Waals surface area contributed by atoms with Crippen molar-refractivity contribution in [2.24, 2.45) is 0 Å². The summed E-state index contributed by atoms with van der Waals surface area (Å²) < 4.78 is 13.2. The topological polar surface area (TPSA) is 56.6 Å². The van der Waals surface area contributed by atoms with Gasteiger partial charge in [-0.15, -0.1) is 0 Å². The molecule has 0 N–H and O–H groups in total. The Kier molecular flexibility index (Phi) is 7.27. The van der Waals surface area contributed by atoms with E-state index >= 15 is 0 Å². The normalized spacial score (nSPS) is 12.0. The lowest BCUT2D eigenvalue weighted by Crippen LogP contribution is -2.43. The summed E-state index contributed by atoms with van der Waals surface area (Å²) in [6.07, 6.45) is 0. The molecule has 1 aromatic heterocycles. The van der Waals surface area contributed by atoms with Gasteiger partial charge in [0.2, 0.25) is 5.91 Å². The number of para-hydroxylation sites is 3. The van der Waals surface area contributed by atoms with Crippen molar-refractivity contribution in [3.05, 3.63) is 89.7 Å². The number of carbonyl (C=O) groups is 1. The zero-order valence-corrected chi connectivity index (χ0v) is 19.4. The van der Waals surface area contributed by atoms with Crippen LogP contribution >= 0.6 is 11.6 Å². The molecule has 4 aromatic rings. The number of fused-ring (bicyclic) bond motifs is 1. The number of halogens is 1. The van der Waals surface area contributed by atoms with Crippen LogP contribution in [0.15, 0.2) is 78.9 Å². The lowest BCUT2D eigenvalue weighted by molar-refractivity contribution is -0.119. The monoisotopic (exact) mass is 463 g/mol. The highest BCUT2D eigenvalue weighted by Gasteiger charge is 2.24. The van der Waals surface area contributed by atoms with E-state index in [-0.39, 0.29) is 25.1 Å². The van der Waals surface area contributed by atoms with Gasteiger partial charge in [0, 0.05) is 17.8 Å². The Labute approximate surface area is 198 Å². The fourth-order valence-electron chi connectivity index (χ4n) is 3.85. The number of aromatic nitrogens is 2. The number of anilines is 1. The van der Waals surface area contributed by atoms with Crippen molar-refractivity contribution in [3.63, 3.8) is 0 Å². The number of hydrogen-bond acceptors (Lipinski definition) is 4. The summed E-state index contributed by atoms with van der Waals surface area (Å²) in [6, 6.07) is 24.5. The molecule has 7 heteroatoms. The maximum atomic E-state index is 13.6. The second kappa shape index (κ2) is 10.5. The van der Waals surface area contributed by atoms with Gasteiger partial charge in [-0.05, 0) is 55.5 Å². The summed E-state index contributed by atoms with van der Waals surface area (Å²) in [5.41, 5.74) is 2.53. The molecule has 0 bridgehead atoms. The Morgan fingerprint density at radius 2 is 1.73 bits per heavy atom. The first kappa shape index (κ1) is 22.8. The van der Waals surface area contributed by atoms with Crippen LogP contribution in [-0.2, 0) is 22.7 Å². The van der Waals surface area contributed by atoms with Crippen molar-refractivity contribution in [3.8, 4) is 5.75 Å². The second-order valence-electron chi connectivity index (χ2n) is 7.75. The molecule has 4 rings (SSSR count). The molecule has 170 valence electrons. The number of rotatable bonds is 9. The quantitative estimate of drug-likeness (QED) is 0.336. The standard InChI is InChI=1S/C26H26ClN3O3/c1-19(17-32-2)30(21-8-4-3-5-9-21)26(31)16-29-24-11-7-6-10-23(24)28-25(29)18-33-22-14-12-20(27)13-15-22/h3-15,19H,16-18H2,1-2H3. The molecule has 0 fully saturated rings. The molecule has 1 atom stereocenters. The number of benzene rings is 3. The Morgan fingerprint density at radius 1 is 1.03 bits per heavy atom. The van der Waals surface area contributed by atoms with Crippen LogP contribution in [0.5, 0.6) is 5.75 Å². The zero-order valence-electron chi connectivity index (χ0n) is 18.6. The number of nitrogens with zero attached hydrogens (tertiary/aromatic N) is 3. The van der Waals surface area contributed by atoms with Crippen LogP contribution < -0.4 is 9.64 Å². The molecule has 1 unspecified atom stereocenters. The van der Waals surface area contributed by atoms with Gasteiger partial charge in [0.05, 0.1) is 23.7 Å². The zero-order chi connectivity index (χ0) is 23.2. The van der Waals surface area contributed by atoms with Gasteiger partial charge in [-0.2, -0.15) is 0 Å². The molecule has 3 aromatic carbocycles. The lowest BCUT2D eigenvalue weighted by atomic mass is 10.2. The van der Waals surface area contributed by atoms with Crippen LogP contribution in [0.25, 0.3) is 11.0 Å². The van der Waals surface area contributed by atoms with Gasteiger partial charge in [0.1, 0.15) is 24.7 Å². The van der Waals surface area contributed by atoms with Gasteiger partial charge < -0.3 is 18.9 Å². The number of imidazole rings is 1. The van der Waals surface area contributed by atoms with E-state index in [2.05, 4.69) is 0 Å². The van der Waals surface area contributed by atoms with E-state index in [0.29, 0.717) is 23.2 Å². The SMILES string of the molecule is COCC(C)N(C(=O)Cn1c(COc2ccc(Cl)cc2)nc2ccccc21)c1ccccc1. The third-order valence-electron chi connectivity index (χ3n) is 5.36. The molecular formula is C26H26ClN3O3. The van der Waals surface area contributed by atoms with E-state index in [1.807, 2.05) is 78.2 Å². The minimum atomic E-state index is -0.131. The first-order valence-corrected chi connectivity index (χ1v) is 11.1. The highest BCUT2D eigenvalue weighted by Crippen LogP contribution is 2.22. The van der Waals surface area contributed by atoms with Crippen molar-refractivity contribution in [1.82, 2.24) is 9.55 Å². The van der Waals surface area contributed by atoms with E-state index in [1.54, 1.807) is 24.1 Å². The summed E-state index contributed by atoms with van der Waals surface area (Å²) in [4.78, 5) is 20.1. The summed E-state index contributed by atoms with van der Waals surface area (Å²) in [5, 5.41) is 0.645. The molecule has 0 saturated carbocycles. The van der Waals surface area contributed by atoms with Crippen molar-refractivity contribution in [2.45, 2.75) is 26.1 Å². The number of hydrogen-bond donors (Lipinski definition) is 0. The molecule has 6 nitrogen and oxygen atoms in total. The van der Waals surface area contributed by atoms with Crippen LogP contribution in [0.1, 0.15) is 12.7 Å². The Hall–Kier alpha value is -3.35. The molecule has 0 radical (unpaired) electrons. The van der Waals surface area contributed by atoms with Crippen molar-refractivity contribution < 1.29 is 14.3 Å². The first-order valence-electron chi connectivity index (χ1n) is 10.8. The summed E-state index contributed by atoms with van der Waals surface area (Å²) >= 11 is 5.97. The van der Waals surface area contributed by atoms with Gasteiger partial charge >= 0.3 is 0 Å². The molecule has 1 heterocycles. The number of methoxy groups -OCH3 is 1. The average molecular weight is 464 g/mol. The van der Waals surface area contributed by atoms with Gasteiger partial charge in [-0.1, -0.05) is 41.9 Å². The highest BCUT2D eigenvalue weighted by molar-refractivity contribution is 6.30. The van der Waals surface area contributed by atoms with E-state index in [1.165, 1.54) is 0 Å². The summed E-state index contributed by atoms with van der Waals surface area (Å²) in [5.74, 6) is 1.30. The molecule has 0 aliphatic heterocycles. The van der Waals surface area contributed by atoms with E-state index < -0.39 is 0 Å². The van der Waals surface area contributed by atoms with Crippen LogP contribution in [0.3, 0.4) is 0 Å². The molecule has 33 heavy (non-hydrogen) atoms. The maximum absolute atomic E-state index is 13.6. The second-order valence-corrected chi connectivity index (χ2v) is 8.19. The largest absolute Gasteiger partial charge is 0.486 e. The lowest BCUT2D eigenvalue weighted by Gasteiger charge is -2.29. The molecule has 1 amide bonds. The first-order chi connectivity index (χ1) is 16.1. The van der Waals surface area contributed by atoms with Gasteiger partial charge in [-0.3, -0.25) is 4.79 Å². The number of carbonyl (C=O) groups excluding carboxylic acids is 1. The summed E-state index contributed by atoms with van der Waals surface area (Å²) in [6.45, 7) is 2.76. The minimum absolute atomic E-state index is 0.0540. The van der Waals surface area contributed by atoms with Crippen molar-refractivity contribution in [2.75, 3.05) is 18.6 Å². The fourth-order valence-corrected chi connectivity index (χ4v) is 3.98. The van der Waals surface area contributed by atoms with Crippen LogP contribution in [0.2, 0.25) is 5.02 Å². The molecule has 0 saturated heterocycles. The fraction of sp³-hybridized carbons (Fsp3) is 0.231. The molecule has 0 spiro atoms. The molecule has 0 aliphatic carbocycles. The predicted molar refractivity (Wildman–Crippen MR) is 131 cm³/mol. The van der Waals surface area contributed by atoms with E-state index in [4.69, 9.17) is 26.1 Å². The number of ether oxygens (including phenoxy) is 2. The smallest absolute Gasteiger partial charge is 0.247 e. The van der Waals surface area contributed by atoms with E-state index in [0.717, 1.165) is 16.7 Å². The summed E-state index contributed by atoms with van der Waals surface area (Å²) in [7, 11) is 1.64. The molecule has 0 aliphatic rings. The third-order valence-corrected chi connectivity index (χ3v) is 5.61. The van der Waals surface area contributed by atoms with Crippen molar-refractivity contribution >= 4 is 34.2 Å².